The maximum atomic E-state index is 10.9. The van der Waals surface area contributed by atoms with Crippen molar-refractivity contribution in [3.63, 3.8) is 0 Å². The van der Waals surface area contributed by atoms with Crippen molar-refractivity contribution in [3.8, 4) is 5.88 Å². The molecule has 4 nitrogen and oxygen atoms in total. The van der Waals surface area contributed by atoms with Gasteiger partial charge in [0, 0.05) is 13.1 Å². The normalized spacial score (nSPS) is 9.87. The molecule has 0 aliphatic carbocycles. The fourth-order valence-corrected chi connectivity index (χ4v) is 1.19. The number of rotatable bonds is 4. The van der Waals surface area contributed by atoms with E-state index in [1.807, 2.05) is 0 Å². The molecule has 0 fully saturated rings. The maximum absolute atomic E-state index is 10.9. The zero-order valence-electron chi connectivity index (χ0n) is 7.71. The summed E-state index contributed by atoms with van der Waals surface area (Å²) in [4.78, 5) is 10.9. The Balaban J connectivity index is 2.68. The first-order valence-corrected chi connectivity index (χ1v) is 5.02. The van der Waals surface area contributed by atoms with Crippen LogP contribution in [0.2, 0.25) is 0 Å². The zero-order chi connectivity index (χ0) is 11.4. The van der Waals surface area contributed by atoms with E-state index in [-0.39, 0.29) is 22.7 Å². The predicted molar refractivity (Wildman–Crippen MR) is 58.7 cm³/mol. The molecule has 0 aliphatic heterocycles. The van der Waals surface area contributed by atoms with Gasteiger partial charge in [-0.1, -0.05) is 23.2 Å². The largest absolute Gasteiger partial charge is 0.472 e. The summed E-state index contributed by atoms with van der Waals surface area (Å²) in [6.07, 6.45) is 1.46. The highest BCUT2D eigenvalue weighted by molar-refractivity contribution is 6.67. The van der Waals surface area contributed by atoms with Gasteiger partial charge in [-0.05, 0) is 17.7 Å². The monoisotopic (exact) mass is 268 g/mol. The molecule has 0 aliphatic rings. The number of carbonyl (C=O) groups excluding carboxylic acids is 1. The second-order valence-corrected chi connectivity index (χ2v) is 3.92. The molecule has 0 aromatic carbocycles. The highest BCUT2D eigenvalue weighted by Gasteiger charge is 2.10. The molecule has 82 valence electrons. The molecule has 0 unspecified atom stereocenters. The van der Waals surface area contributed by atoms with E-state index in [9.17, 15) is 4.79 Å². The van der Waals surface area contributed by atoms with Crippen LogP contribution in [0.5, 0.6) is 5.88 Å². The van der Waals surface area contributed by atoms with Crippen LogP contribution in [0.4, 0.5) is 0 Å². The van der Waals surface area contributed by atoms with E-state index in [1.165, 1.54) is 16.8 Å². The molecular weight excluding hydrogens is 262 g/mol. The molecule has 1 heterocycles. The molecular formula is C8H7Cl3N2O2. The fourth-order valence-electron chi connectivity index (χ4n) is 0.885. The smallest absolute Gasteiger partial charge is 0.270 e. The number of nitrogens with zero attached hydrogens (tertiary/aromatic N) is 2. The summed E-state index contributed by atoms with van der Waals surface area (Å²) in [5.74, 6) is 0.285. The molecule has 0 amide bonds. The van der Waals surface area contributed by atoms with Crippen molar-refractivity contribution in [2.45, 2.75) is 0 Å². The van der Waals surface area contributed by atoms with Gasteiger partial charge in [0.1, 0.15) is 16.8 Å². The molecule has 0 atom stereocenters. The van der Waals surface area contributed by atoms with E-state index in [0.717, 1.165) is 0 Å². The van der Waals surface area contributed by atoms with Crippen molar-refractivity contribution < 1.29 is 9.53 Å². The number of halogens is 3. The standard InChI is InChI=1S/C8H7Cl3N2O2/c1-13-5(8(11)14)4-7(12-13)15-3-2-6(9)10/h2,4H,3H2,1H3. The Bertz CT molecular complexity index is 397. The number of hydrogen-bond acceptors (Lipinski definition) is 3. The minimum absolute atomic E-state index is 0.111. The number of hydrogen-bond donors (Lipinski definition) is 0. The Morgan fingerprint density at radius 2 is 2.27 bits per heavy atom. The second-order valence-electron chi connectivity index (χ2n) is 2.57. The molecule has 0 N–H and O–H groups in total. The van der Waals surface area contributed by atoms with E-state index in [4.69, 9.17) is 39.5 Å². The molecule has 0 saturated carbocycles. The lowest BCUT2D eigenvalue weighted by molar-refractivity contribution is 0.107. The Hall–Kier alpha value is -0.710. The third-order valence-corrected chi connectivity index (χ3v) is 2.03. The minimum atomic E-state index is -0.592. The molecule has 7 heteroatoms. The van der Waals surface area contributed by atoms with Crippen molar-refractivity contribution in [2.75, 3.05) is 6.61 Å². The lowest BCUT2D eigenvalue weighted by Crippen LogP contribution is -2.00. The summed E-state index contributed by atoms with van der Waals surface area (Å²) < 4.78 is 6.58. The summed E-state index contributed by atoms with van der Waals surface area (Å²) in [5, 5.41) is 3.31. The van der Waals surface area contributed by atoms with Crippen LogP contribution < -0.4 is 4.74 Å². The van der Waals surface area contributed by atoms with E-state index in [1.54, 1.807) is 7.05 Å². The lowest BCUT2D eigenvalue weighted by atomic mass is 10.4. The van der Waals surface area contributed by atoms with Crippen molar-refractivity contribution in [1.29, 1.82) is 0 Å². The van der Waals surface area contributed by atoms with Crippen LogP contribution in [0.25, 0.3) is 0 Å². The first-order valence-electron chi connectivity index (χ1n) is 3.88. The molecule has 0 radical (unpaired) electrons. The SMILES string of the molecule is Cn1nc(OCC=C(Cl)Cl)cc1C(=O)Cl. The van der Waals surface area contributed by atoms with Crippen molar-refractivity contribution >= 4 is 40.0 Å². The van der Waals surface area contributed by atoms with Gasteiger partial charge in [-0.15, -0.1) is 5.10 Å². The average molecular weight is 270 g/mol. The minimum Gasteiger partial charge on any atom is -0.472 e. The van der Waals surface area contributed by atoms with Gasteiger partial charge >= 0.3 is 0 Å². The van der Waals surface area contributed by atoms with E-state index < -0.39 is 5.24 Å². The predicted octanol–water partition coefficient (Wildman–Crippen LogP) is 2.50. The Kier molecular flexibility index (Phi) is 4.45. The van der Waals surface area contributed by atoms with Crippen LogP contribution in [-0.4, -0.2) is 21.6 Å². The van der Waals surface area contributed by atoms with Gasteiger partial charge in [-0.3, -0.25) is 9.48 Å². The van der Waals surface area contributed by atoms with Crippen LogP contribution >= 0.6 is 34.8 Å². The number of ether oxygens (including phenoxy) is 1. The second kappa shape index (κ2) is 5.39. The van der Waals surface area contributed by atoms with Gasteiger partial charge in [0.2, 0.25) is 5.88 Å². The topological polar surface area (TPSA) is 44.1 Å². The highest BCUT2D eigenvalue weighted by Crippen LogP contribution is 2.13. The summed E-state index contributed by atoms with van der Waals surface area (Å²) in [7, 11) is 1.59. The van der Waals surface area contributed by atoms with Gasteiger partial charge in [0.15, 0.2) is 0 Å². The molecule has 15 heavy (non-hydrogen) atoms. The quantitative estimate of drug-likeness (QED) is 0.789. The summed E-state index contributed by atoms with van der Waals surface area (Å²) in [6, 6.07) is 1.44. The molecule has 1 rings (SSSR count). The Morgan fingerprint density at radius 1 is 1.60 bits per heavy atom. The summed E-state index contributed by atoms with van der Waals surface area (Å²) >= 11 is 16.1. The highest BCUT2D eigenvalue weighted by atomic mass is 35.5. The first-order chi connectivity index (χ1) is 7.00. The Labute approximate surface area is 101 Å². The summed E-state index contributed by atoms with van der Waals surface area (Å²) in [6.45, 7) is 0.176. The van der Waals surface area contributed by atoms with Crippen LogP contribution in [0.1, 0.15) is 10.5 Å². The van der Waals surface area contributed by atoms with Crippen molar-refractivity contribution in [1.82, 2.24) is 9.78 Å². The van der Waals surface area contributed by atoms with Crippen LogP contribution in [0, 0.1) is 0 Å². The number of aryl methyl sites for hydroxylation is 1. The third-order valence-electron chi connectivity index (χ3n) is 1.53. The van der Waals surface area contributed by atoms with Gasteiger partial charge in [-0.25, -0.2) is 0 Å². The molecule has 1 aromatic heterocycles. The molecule has 0 bridgehead atoms. The number of aromatic nitrogens is 2. The fraction of sp³-hybridized carbons (Fsp3) is 0.250. The van der Waals surface area contributed by atoms with E-state index in [0.29, 0.717) is 0 Å². The van der Waals surface area contributed by atoms with Crippen molar-refractivity contribution in [3.05, 3.63) is 22.3 Å². The van der Waals surface area contributed by atoms with Gasteiger partial charge in [0.05, 0.1) is 0 Å². The van der Waals surface area contributed by atoms with Gasteiger partial charge in [0.25, 0.3) is 5.24 Å². The average Bonchev–Trinajstić information content (AvgIpc) is 2.46. The first kappa shape index (κ1) is 12.4. The van der Waals surface area contributed by atoms with Crippen LogP contribution in [-0.2, 0) is 7.05 Å². The van der Waals surface area contributed by atoms with Crippen molar-refractivity contribution in [2.24, 2.45) is 7.05 Å². The Morgan fingerprint density at radius 3 is 2.73 bits per heavy atom. The molecule has 0 saturated heterocycles. The lowest BCUT2D eigenvalue weighted by Gasteiger charge is -1.96. The van der Waals surface area contributed by atoms with Gasteiger partial charge < -0.3 is 4.74 Å². The molecule has 0 spiro atoms. The number of carbonyl (C=O) groups is 1. The zero-order valence-corrected chi connectivity index (χ0v) is 9.97. The van der Waals surface area contributed by atoms with Gasteiger partial charge in [-0.2, -0.15) is 0 Å². The molecule has 1 aromatic rings. The third kappa shape index (κ3) is 3.74. The van der Waals surface area contributed by atoms with E-state index >= 15 is 0 Å². The van der Waals surface area contributed by atoms with E-state index in [2.05, 4.69) is 5.10 Å². The maximum Gasteiger partial charge on any atom is 0.270 e. The van der Waals surface area contributed by atoms with Crippen LogP contribution in [0.15, 0.2) is 16.6 Å². The van der Waals surface area contributed by atoms with Crippen LogP contribution in [0.3, 0.4) is 0 Å². The summed E-state index contributed by atoms with van der Waals surface area (Å²) in [5.41, 5.74) is 0.257.